The Morgan fingerprint density at radius 1 is 1.43 bits per heavy atom. The van der Waals surface area contributed by atoms with E-state index in [0.717, 1.165) is 0 Å². The molecule has 0 saturated heterocycles. The predicted octanol–water partition coefficient (Wildman–Crippen LogP) is 3.07. The van der Waals surface area contributed by atoms with Crippen molar-refractivity contribution in [3.63, 3.8) is 0 Å². The van der Waals surface area contributed by atoms with Gasteiger partial charge < -0.3 is 15.0 Å². The molecule has 2 N–H and O–H groups in total. The molecule has 1 heterocycles. The summed E-state index contributed by atoms with van der Waals surface area (Å²) in [6, 6.07) is 8.92. The first-order chi connectivity index (χ1) is 10.0. The maximum atomic E-state index is 12.1. The number of nitrogen functional groups attached to an aromatic ring is 1. The molecule has 0 spiro atoms. The van der Waals surface area contributed by atoms with Crippen molar-refractivity contribution in [3.05, 3.63) is 46.2 Å². The van der Waals surface area contributed by atoms with Gasteiger partial charge in [0, 0.05) is 16.4 Å². The van der Waals surface area contributed by atoms with Crippen LogP contribution in [0.5, 0.6) is 0 Å². The lowest BCUT2D eigenvalue weighted by atomic mass is 10.2. The van der Waals surface area contributed by atoms with Gasteiger partial charge in [0.2, 0.25) is 0 Å². The monoisotopic (exact) mass is 303 g/mol. The highest BCUT2D eigenvalue weighted by Gasteiger charge is 2.25. The molecular formula is C15H14ClN3O2. The number of carbonyl (C=O) groups is 1. The molecule has 0 aliphatic rings. The number of nitriles is 1. The van der Waals surface area contributed by atoms with Crippen LogP contribution < -0.4 is 5.73 Å². The van der Waals surface area contributed by atoms with Crippen LogP contribution in [-0.2, 0) is 4.74 Å². The van der Waals surface area contributed by atoms with Crippen molar-refractivity contribution in [3.8, 4) is 11.8 Å². The van der Waals surface area contributed by atoms with Crippen LogP contribution in [0.1, 0.15) is 28.7 Å². The third kappa shape index (κ3) is 2.58. The van der Waals surface area contributed by atoms with E-state index in [4.69, 9.17) is 22.1 Å². The summed E-state index contributed by atoms with van der Waals surface area (Å²) < 4.78 is 6.65. The fraction of sp³-hybridized carbons (Fsp3) is 0.200. The predicted molar refractivity (Wildman–Crippen MR) is 80.6 cm³/mol. The van der Waals surface area contributed by atoms with Crippen molar-refractivity contribution in [2.75, 3.05) is 12.3 Å². The fourth-order valence-corrected chi connectivity index (χ4v) is 2.29. The smallest absolute Gasteiger partial charge is 0.357 e. The number of aromatic nitrogens is 1. The highest BCUT2D eigenvalue weighted by molar-refractivity contribution is 6.30. The summed E-state index contributed by atoms with van der Waals surface area (Å²) in [6.45, 7) is 3.67. The number of anilines is 1. The van der Waals surface area contributed by atoms with Crippen LogP contribution in [-0.4, -0.2) is 17.1 Å². The summed E-state index contributed by atoms with van der Waals surface area (Å²) in [6.07, 6.45) is 0. The SMILES string of the molecule is CCOC(=O)c1c(N)c(C#N)c(C)n1-c1ccc(Cl)cc1. The highest BCUT2D eigenvalue weighted by atomic mass is 35.5. The first-order valence-electron chi connectivity index (χ1n) is 6.35. The third-order valence-corrected chi connectivity index (χ3v) is 3.36. The molecule has 0 aliphatic carbocycles. The number of hydrogen-bond donors (Lipinski definition) is 1. The van der Waals surface area contributed by atoms with Crippen molar-refractivity contribution < 1.29 is 9.53 Å². The van der Waals surface area contributed by atoms with Gasteiger partial charge in [-0.3, -0.25) is 0 Å². The Morgan fingerprint density at radius 2 is 2.05 bits per heavy atom. The molecule has 5 nitrogen and oxygen atoms in total. The van der Waals surface area contributed by atoms with Gasteiger partial charge in [-0.05, 0) is 38.1 Å². The van der Waals surface area contributed by atoms with Crippen LogP contribution in [0.4, 0.5) is 5.69 Å². The molecule has 21 heavy (non-hydrogen) atoms. The van der Waals surface area contributed by atoms with Gasteiger partial charge in [-0.2, -0.15) is 5.26 Å². The van der Waals surface area contributed by atoms with E-state index in [1.54, 1.807) is 42.7 Å². The number of benzene rings is 1. The lowest BCUT2D eigenvalue weighted by Crippen LogP contribution is -2.13. The summed E-state index contributed by atoms with van der Waals surface area (Å²) in [7, 11) is 0. The standard InChI is InChI=1S/C15H14ClN3O2/c1-3-21-15(20)14-13(18)12(8-17)9(2)19(14)11-6-4-10(16)5-7-11/h4-7H,3,18H2,1-2H3. The van der Waals surface area contributed by atoms with Gasteiger partial charge in [0.15, 0.2) is 5.69 Å². The third-order valence-electron chi connectivity index (χ3n) is 3.11. The molecule has 2 rings (SSSR count). The minimum absolute atomic E-state index is 0.128. The van der Waals surface area contributed by atoms with Gasteiger partial charge in [0.25, 0.3) is 0 Å². The van der Waals surface area contributed by atoms with Gasteiger partial charge in [0.1, 0.15) is 6.07 Å². The molecule has 1 aromatic carbocycles. The van der Waals surface area contributed by atoms with Crippen LogP contribution in [0, 0.1) is 18.3 Å². The quantitative estimate of drug-likeness (QED) is 0.884. The Labute approximate surface area is 127 Å². The van der Waals surface area contributed by atoms with Crippen LogP contribution in [0.15, 0.2) is 24.3 Å². The van der Waals surface area contributed by atoms with Gasteiger partial charge in [0.05, 0.1) is 17.9 Å². The number of hydrogen-bond acceptors (Lipinski definition) is 4. The van der Waals surface area contributed by atoms with Crippen LogP contribution in [0.2, 0.25) is 5.02 Å². The van der Waals surface area contributed by atoms with Crippen molar-refractivity contribution >= 4 is 23.3 Å². The Balaban J connectivity index is 2.72. The minimum atomic E-state index is -0.561. The summed E-state index contributed by atoms with van der Waals surface area (Å²) in [5.41, 5.74) is 7.78. The second-order valence-corrected chi connectivity index (χ2v) is 4.80. The lowest BCUT2D eigenvalue weighted by molar-refractivity contribution is 0.0518. The fourth-order valence-electron chi connectivity index (χ4n) is 2.17. The van der Waals surface area contributed by atoms with E-state index in [-0.39, 0.29) is 23.6 Å². The van der Waals surface area contributed by atoms with Gasteiger partial charge in [-0.25, -0.2) is 4.79 Å². The molecule has 0 amide bonds. The number of nitrogens with two attached hydrogens (primary N) is 1. The van der Waals surface area contributed by atoms with E-state index in [1.165, 1.54) is 0 Å². The molecular weight excluding hydrogens is 290 g/mol. The van der Waals surface area contributed by atoms with Gasteiger partial charge >= 0.3 is 5.97 Å². The van der Waals surface area contributed by atoms with Crippen LogP contribution in [0.3, 0.4) is 0 Å². The number of rotatable bonds is 3. The molecule has 0 bridgehead atoms. The highest BCUT2D eigenvalue weighted by Crippen LogP contribution is 2.29. The molecule has 0 atom stereocenters. The summed E-state index contributed by atoms with van der Waals surface area (Å²) in [5.74, 6) is -0.561. The molecule has 0 saturated carbocycles. The zero-order valence-corrected chi connectivity index (χ0v) is 12.4. The molecule has 0 aliphatic heterocycles. The van der Waals surface area contributed by atoms with Crippen molar-refractivity contribution in [2.24, 2.45) is 0 Å². The van der Waals surface area contributed by atoms with E-state index in [0.29, 0.717) is 16.4 Å². The van der Waals surface area contributed by atoms with E-state index < -0.39 is 5.97 Å². The van der Waals surface area contributed by atoms with Gasteiger partial charge in [-0.1, -0.05) is 11.6 Å². The summed E-state index contributed by atoms with van der Waals surface area (Å²) in [5, 5.41) is 9.80. The molecule has 1 aromatic heterocycles. The molecule has 0 fully saturated rings. The van der Waals surface area contributed by atoms with Crippen LogP contribution >= 0.6 is 11.6 Å². The number of nitrogens with zero attached hydrogens (tertiary/aromatic N) is 2. The van der Waals surface area contributed by atoms with E-state index in [9.17, 15) is 10.1 Å². The number of halogens is 1. The minimum Gasteiger partial charge on any atom is -0.461 e. The van der Waals surface area contributed by atoms with E-state index >= 15 is 0 Å². The normalized spacial score (nSPS) is 10.2. The lowest BCUT2D eigenvalue weighted by Gasteiger charge is -2.11. The zero-order chi connectivity index (χ0) is 15.6. The average Bonchev–Trinajstić information content (AvgIpc) is 2.71. The maximum absolute atomic E-state index is 12.1. The average molecular weight is 304 g/mol. The largest absolute Gasteiger partial charge is 0.461 e. The molecule has 0 unspecified atom stereocenters. The van der Waals surface area contributed by atoms with E-state index in [2.05, 4.69) is 0 Å². The summed E-state index contributed by atoms with van der Waals surface area (Å²) in [4.78, 5) is 12.1. The first kappa shape index (κ1) is 14.9. The first-order valence-corrected chi connectivity index (χ1v) is 6.73. The summed E-state index contributed by atoms with van der Waals surface area (Å²) >= 11 is 5.88. The second-order valence-electron chi connectivity index (χ2n) is 4.37. The zero-order valence-electron chi connectivity index (χ0n) is 11.7. The van der Waals surface area contributed by atoms with Crippen molar-refractivity contribution in [1.29, 1.82) is 5.26 Å². The molecule has 2 aromatic rings. The van der Waals surface area contributed by atoms with Crippen molar-refractivity contribution in [2.45, 2.75) is 13.8 Å². The van der Waals surface area contributed by atoms with Crippen molar-refractivity contribution in [1.82, 2.24) is 4.57 Å². The van der Waals surface area contributed by atoms with E-state index in [1.807, 2.05) is 6.07 Å². The Morgan fingerprint density at radius 3 is 2.57 bits per heavy atom. The number of carbonyl (C=O) groups excluding carboxylic acids is 1. The molecule has 0 radical (unpaired) electrons. The Hall–Kier alpha value is -2.45. The molecule has 6 heteroatoms. The Kier molecular flexibility index (Phi) is 4.20. The number of ether oxygens (including phenoxy) is 1. The molecule has 108 valence electrons. The topological polar surface area (TPSA) is 81.0 Å². The second kappa shape index (κ2) is 5.90. The maximum Gasteiger partial charge on any atom is 0.357 e. The van der Waals surface area contributed by atoms with Crippen LogP contribution in [0.25, 0.3) is 5.69 Å². The van der Waals surface area contributed by atoms with Gasteiger partial charge in [-0.15, -0.1) is 0 Å². The Bertz CT molecular complexity index is 727. The number of esters is 1.